The van der Waals surface area contributed by atoms with Crippen LogP contribution in [-0.2, 0) is 0 Å². The van der Waals surface area contributed by atoms with Gasteiger partial charge < -0.3 is 11.5 Å². The molecule has 0 radical (unpaired) electrons. The van der Waals surface area contributed by atoms with Crippen LogP contribution in [0.25, 0.3) is 34.2 Å². The number of nitriles is 2. The zero-order valence-corrected chi connectivity index (χ0v) is 40.0. The van der Waals surface area contributed by atoms with Gasteiger partial charge in [0.2, 0.25) is 11.5 Å². The van der Waals surface area contributed by atoms with Gasteiger partial charge in [-0.05, 0) is 93.0 Å². The number of hydrogen-bond donors (Lipinski definition) is 2. The lowest BCUT2D eigenvalue weighted by Gasteiger charge is -2.00. The van der Waals surface area contributed by atoms with Crippen LogP contribution in [-0.4, -0.2) is 80.6 Å². The van der Waals surface area contributed by atoms with E-state index in [0.717, 1.165) is 33.8 Å². The van der Waals surface area contributed by atoms with Crippen LogP contribution in [0.5, 0.6) is 0 Å². The molecular weight excluding hydrogens is 1000 g/mol. The van der Waals surface area contributed by atoms with Crippen molar-refractivity contribution in [1.82, 2.24) is 69.8 Å². The number of nitrogens with two attached hydrogens (primary N) is 2. The summed E-state index contributed by atoms with van der Waals surface area (Å²) in [5, 5.41) is 17.2. The molecule has 0 atom stereocenters. The number of halogens is 5. The second-order valence-corrected chi connectivity index (χ2v) is 14.5. The molecule has 8 heterocycles. The molecule has 8 rings (SSSR count). The van der Waals surface area contributed by atoms with Gasteiger partial charge in [-0.1, -0.05) is 73.5 Å². The molecule has 0 saturated carbocycles. The Morgan fingerprint density at radius 1 is 0.522 bits per heavy atom. The van der Waals surface area contributed by atoms with E-state index in [1.165, 1.54) is 38.2 Å². The smallest absolute Gasteiger partial charge is 0.225 e. The first kappa shape index (κ1) is 59.6. The summed E-state index contributed by atoms with van der Waals surface area (Å²) < 4.78 is 0. The number of thiocarbonyl (C=S) groups is 1. The maximum atomic E-state index is 8.20. The zero-order chi connectivity index (χ0) is 49.1. The first-order chi connectivity index (χ1) is 32.1. The highest BCUT2D eigenvalue weighted by atomic mass is 35.5. The number of hydrogen-bond acceptors (Lipinski definition) is 18. The van der Waals surface area contributed by atoms with Crippen molar-refractivity contribution >= 4 is 81.0 Å². The van der Waals surface area contributed by atoms with Crippen LogP contribution >= 0.6 is 70.2 Å². The largest absolute Gasteiger partial charge is 0.389 e. The van der Waals surface area contributed by atoms with E-state index in [2.05, 4.69) is 74.8 Å². The molecule has 0 fully saturated rings. The topological polar surface area (TPSA) is 292 Å². The van der Waals surface area contributed by atoms with Crippen molar-refractivity contribution in [3.8, 4) is 46.4 Å². The van der Waals surface area contributed by atoms with Crippen molar-refractivity contribution in [2.75, 3.05) is 0 Å². The fourth-order valence-electron chi connectivity index (χ4n) is 4.45. The second-order valence-electron chi connectivity index (χ2n) is 12.1. The van der Waals surface area contributed by atoms with Gasteiger partial charge in [0.25, 0.3) is 0 Å². The molecule has 8 aromatic heterocycles. The fraction of sp³-hybridized carbons (Fsp3) is 0.136. The lowest BCUT2D eigenvalue weighted by atomic mass is 10.2. The molecule has 4 N–H and O–H groups in total. The molecule has 0 aromatic carbocycles. The summed E-state index contributed by atoms with van der Waals surface area (Å²) in [6.07, 6.45) is 13.9. The van der Waals surface area contributed by atoms with Crippen molar-refractivity contribution in [1.29, 1.82) is 10.5 Å². The summed E-state index contributed by atoms with van der Waals surface area (Å²) >= 11 is 33.0. The van der Waals surface area contributed by atoms with Crippen LogP contribution in [0.4, 0.5) is 0 Å². The number of pyridine rings is 5. The second kappa shape index (κ2) is 32.3. The Hall–Kier alpha value is -7.43. The van der Waals surface area contributed by atoms with Crippen molar-refractivity contribution < 1.29 is 0 Å². The number of amidine groups is 1. The average molecular weight is 1050 g/mol. The minimum Gasteiger partial charge on any atom is -0.389 e. The molecule has 0 aliphatic rings. The highest BCUT2D eigenvalue weighted by molar-refractivity contribution is 7.80. The summed E-state index contributed by atoms with van der Waals surface area (Å²) in [7, 11) is 0. The van der Waals surface area contributed by atoms with E-state index in [1.807, 2.05) is 32.9 Å². The van der Waals surface area contributed by atoms with Gasteiger partial charge in [0.05, 0.1) is 6.07 Å². The lowest BCUT2D eigenvalue weighted by Crippen LogP contribution is -2.12. The van der Waals surface area contributed by atoms with Gasteiger partial charge in [-0.25, -0.2) is 59.8 Å². The third kappa shape index (κ3) is 22.7. The van der Waals surface area contributed by atoms with Crippen molar-refractivity contribution in [3.05, 3.63) is 165 Å². The van der Waals surface area contributed by atoms with Crippen molar-refractivity contribution in [2.45, 2.75) is 42.5 Å². The molecule has 8 aromatic rings. The number of nitrogens with zero attached hydrogens (tertiary/aromatic N) is 17. The monoisotopic (exact) mass is 1040 g/mol. The Morgan fingerprint density at radius 2 is 0.899 bits per heavy atom. The molecule has 25 heteroatoms. The molecule has 354 valence electrons. The van der Waals surface area contributed by atoms with E-state index in [1.54, 1.807) is 79.5 Å². The molecule has 0 unspecified atom stereocenters. The molecular formula is C44H42Cl5N19S. The van der Waals surface area contributed by atoms with E-state index in [9.17, 15) is 0 Å². The van der Waals surface area contributed by atoms with E-state index in [-0.39, 0.29) is 26.0 Å². The molecule has 19 nitrogen and oxygen atoms in total. The number of rotatable bonds is 5. The Bertz CT molecular complexity index is 2650. The van der Waals surface area contributed by atoms with Crippen molar-refractivity contribution in [2.24, 2.45) is 16.5 Å². The molecule has 0 saturated heterocycles. The van der Waals surface area contributed by atoms with Gasteiger partial charge >= 0.3 is 0 Å². The standard InChI is InChI=1S/C10H10N4.C9H7ClN4.C8H4Cl2N4.C7H5ClN4.C6H5ClN2S.C2H3N.2CH4/c1-7-5-9(3-4-11-7)10-13-6-12-8(2)14-10;1-6-12-5-13-9(14-6)7-2-3-11-8(10)4-7;9-6-3-5(1-2-11-6)7-12-4-13-8(10)14-7;8-6-3-5(1-2-11-6)7(10)12-4-9;7-5-3-4(6(8)10)1-2-9-5;1-2-3;;/h3-6H,1-2H3;2-5H,1H3;1-4H;1-3H,(H2,10,12);1-3H,(H2,8,10);1H3;2*1H4. The summed E-state index contributed by atoms with van der Waals surface area (Å²) in [5.74, 6) is 3.34. The maximum Gasteiger partial charge on any atom is 0.225 e. The number of aliphatic imine (C=N–C) groups is 1. The fourth-order valence-corrected chi connectivity index (χ4v) is 5.40. The highest BCUT2D eigenvalue weighted by Gasteiger charge is 2.05. The van der Waals surface area contributed by atoms with Gasteiger partial charge in [-0.15, -0.1) is 0 Å². The zero-order valence-electron chi connectivity index (χ0n) is 35.4. The third-order valence-corrected chi connectivity index (χ3v) is 8.50. The summed E-state index contributed by atoms with van der Waals surface area (Å²) in [6, 6.07) is 19.0. The lowest BCUT2D eigenvalue weighted by molar-refractivity contribution is 0.981. The normalized spacial score (nSPS) is 9.52. The summed E-state index contributed by atoms with van der Waals surface area (Å²) in [4.78, 5) is 59.1. The quantitative estimate of drug-likeness (QED) is 0.0532. The predicted molar refractivity (Wildman–Crippen MR) is 274 cm³/mol. The van der Waals surface area contributed by atoms with Crippen LogP contribution in [0.15, 0.2) is 116 Å². The van der Waals surface area contributed by atoms with Crippen LogP contribution in [0.2, 0.25) is 25.9 Å². The van der Waals surface area contributed by atoms with Gasteiger partial charge in [0.1, 0.15) is 62.1 Å². The molecule has 0 spiro atoms. The van der Waals surface area contributed by atoms with Gasteiger partial charge in [-0.3, -0.25) is 4.98 Å². The first-order valence-corrected chi connectivity index (χ1v) is 20.8. The Morgan fingerprint density at radius 3 is 1.28 bits per heavy atom. The molecule has 69 heavy (non-hydrogen) atoms. The van der Waals surface area contributed by atoms with Gasteiger partial charge in [0.15, 0.2) is 17.5 Å². The predicted octanol–water partition coefficient (Wildman–Crippen LogP) is 9.78. The number of aromatic nitrogens is 14. The average Bonchev–Trinajstić information content (AvgIpc) is 3.30. The Balaban J connectivity index is 0.000000424. The van der Waals surface area contributed by atoms with Crippen molar-refractivity contribution in [3.63, 3.8) is 0 Å². The SMILES string of the molecule is C.C.CC#N.Cc1cc(-c2ncnc(C)n2)ccn1.Cc1ncnc(-c2ccnc(Cl)c2)n1.Clc1cc(-c2ncnc(Cl)n2)ccn1.N#CN=C(N)c1ccnc(Cl)c1.NC(=S)c1ccnc(Cl)c1. The molecule has 0 bridgehead atoms. The van der Waals surface area contributed by atoms with Crippen LogP contribution in [0.3, 0.4) is 0 Å². The first-order valence-electron chi connectivity index (χ1n) is 18.5. The highest BCUT2D eigenvalue weighted by Crippen LogP contribution is 2.18. The van der Waals surface area contributed by atoms with E-state index < -0.39 is 0 Å². The van der Waals surface area contributed by atoms with Crippen LogP contribution < -0.4 is 11.5 Å². The summed E-state index contributed by atoms with van der Waals surface area (Å²) in [5.41, 5.74) is 15.6. The van der Waals surface area contributed by atoms with Crippen LogP contribution in [0.1, 0.15) is 50.2 Å². The van der Waals surface area contributed by atoms with E-state index in [4.69, 9.17) is 92.2 Å². The third-order valence-electron chi connectivity index (χ3n) is 7.26. The maximum absolute atomic E-state index is 8.20. The molecule has 0 aliphatic heterocycles. The number of aryl methyl sites for hydroxylation is 3. The molecule has 0 amide bonds. The van der Waals surface area contributed by atoms with E-state index >= 15 is 0 Å². The molecule has 0 aliphatic carbocycles. The Kier molecular flexibility index (Phi) is 27.9. The minimum absolute atomic E-state index is 0. The Labute approximate surface area is 429 Å². The van der Waals surface area contributed by atoms with Gasteiger partial charge in [0, 0.05) is 71.4 Å². The summed E-state index contributed by atoms with van der Waals surface area (Å²) in [6.45, 7) is 7.03. The van der Waals surface area contributed by atoms with Crippen LogP contribution in [0, 0.1) is 43.6 Å². The van der Waals surface area contributed by atoms with E-state index in [0.29, 0.717) is 54.5 Å². The van der Waals surface area contributed by atoms with Gasteiger partial charge in [-0.2, -0.15) is 20.5 Å². The minimum atomic E-state index is 0.